The second-order valence-electron chi connectivity index (χ2n) is 10.0. The lowest BCUT2D eigenvalue weighted by atomic mass is 9.48. The van der Waals surface area contributed by atoms with E-state index >= 15 is 0 Å². The molecule has 2 aromatic rings. The smallest absolute Gasteiger partial charge is 0.170 e. The minimum atomic E-state index is 0.0769. The normalized spacial score (nSPS) is 29.7. The number of nitrogens with zero attached hydrogens (tertiary/aromatic N) is 1. The Labute approximate surface area is 180 Å². The molecule has 3 heteroatoms. The summed E-state index contributed by atoms with van der Waals surface area (Å²) in [4.78, 5) is 4.75. The van der Waals surface area contributed by atoms with E-state index < -0.39 is 0 Å². The predicted octanol–water partition coefficient (Wildman–Crippen LogP) is 6.70. The van der Waals surface area contributed by atoms with Crippen LogP contribution in [0.5, 0.6) is 11.5 Å². The number of para-hydroxylation sites is 1. The molecule has 0 radical (unpaired) electrons. The lowest BCUT2D eigenvalue weighted by Gasteiger charge is -2.57. The van der Waals surface area contributed by atoms with Crippen molar-refractivity contribution in [1.82, 2.24) is 0 Å². The molecule has 0 aliphatic heterocycles. The highest BCUT2D eigenvalue weighted by atomic mass is 16.5. The quantitative estimate of drug-likeness (QED) is 0.502. The molecule has 0 unspecified atom stereocenters. The summed E-state index contributed by atoms with van der Waals surface area (Å²) in [6, 6.07) is 15.0. The Bertz CT molecular complexity index is 893. The number of rotatable bonds is 6. The zero-order chi connectivity index (χ0) is 20.7. The van der Waals surface area contributed by atoms with Gasteiger partial charge in [0.2, 0.25) is 0 Å². The van der Waals surface area contributed by atoms with Crippen molar-refractivity contribution in [3.05, 3.63) is 53.6 Å². The predicted molar refractivity (Wildman–Crippen MR) is 122 cm³/mol. The monoisotopic (exact) mass is 403 g/mol. The van der Waals surface area contributed by atoms with Gasteiger partial charge in [0.05, 0.1) is 18.9 Å². The van der Waals surface area contributed by atoms with Crippen molar-refractivity contribution in [2.45, 2.75) is 63.9 Å². The van der Waals surface area contributed by atoms with Crippen LogP contribution in [-0.2, 0) is 5.41 Å². The van der Waals surface area contributed by atoms with Crippen LogP contribution in [0.2, 0.25) is 0 Å². The van der Waals surface area contributed by atoms with Gasteiger partial charge in [-0.2, -0.15) is 0 Å². The maximum Gasteiger partial charge on any atom is 0.170 e. The second kappa shape index (κ2) is 7.76. The molecule has 0 N–H and O–H groups in total. The fraction of sp³-hybridized carbons (Fsp3) is 0.519. The Morgan fingerprint density at radius 1 is 0.933 bits per heavy atom. The van der Waals surface area contributed by atoms with Crippen LogP contribution in [0.4, 0.5) is 5.69 Å². The average molecular weight is 404 g/mol. The maximum absolute atomic E-state index is 6.00. The Balaban J connectivity index is 1.37. The molecule has 4 saturated carbocycles. The summed E-state index contributed by atoms with van der Waals surface area (Å²) in [7, 11) is 1.67. The van der Waals surface area contributed by atoms with E-state index in [1.807, 2.05) is 38.3 Å². The van der Waals surface area contributed by atoms with Crippen molar-refractivity contribution in [3.8, 4) is 11.5 Å². The van der Waals surface area contributed by atoms with Crippen molar-refractivity contribution in [3.63, 3.8) is 0 Å². The van der Waals surface area contributed by atoms with E-state index in [2.05, 4.69) is 24.3 Å². The van der Waals surface area contributed by atoms with Crippen molar-refractivity contribution in [2.24, 2.45) is 22.7 Å². The van der Waals surface area contributed by atoms with Crippen LogP contribution in [0.1, 0.15) is 63.5 Å². The molecule has 158 valence electrons. The molecule has 30 heavy (non-hydrogen) atoms. The van der Waals surface area contributed by atoms with Gasteiger partial charge in [0.15, 0.2) is 11.5 Å². The number of hydrogen-bond acceptors (Lipinski definition) is 3. The average Bonchev–Trinajstić information content (AvgIpc) is 2.72. The van der Waals surface area contributed by atoms with Crippen LogP contribution in [0.15, 0.2) is 47.5 Å². The van der Waals surface area contributed by atoms with Crippen LogP contribution in [-0.4, -0.2) is 19.4 Å². The zero-order valence-electron chi connectivity index (χ0n) is 18.4. The van der Waals surface area contributed by atoms with E-state index in [0.717, 1.165) is 40.5 Å². The van der Waals surface area contributed by atoms with E-state index in [4.69, 9.17) is 14.5 Å². The lowest BCUT2D eigenvalue weighted by Crippen LogP contribution is -2.48. The number of methoxy groups -OCH3 is 1. The fourth-order valence-corrected chi connectivity index (χ4v) is 6.67. The molecule has 2 aromatic carbocycles. The Morgan fingerprint density at radius 2 is 1.57 bits per heavy atom. The third kappa shape index (κ3) is 3.64. The molecule has 4 bridgehead atoms. The van der Waals surface area contributed by atoms with Gasteiger partial charge in [-0.3, -0.25) is 4.99 Å². The molecular weight excluding hydrogens is 370 g/mol. The summed E-state index contributed by atoms with van der Waals surface area (Å²) in [5, 5.41) is 0. The summed E-state index contributed by atoms with van der Waals surface area (Å²) in [5.74, 6) is 4.41. The number of ether oxygens (including phenoxy) is 2. The van der Waals surface area contributed by atoms with Crippen LogP contribution in [0, 0.1) is 17.8 Å². The van der Waals surface area contributed by atoms with Gasteiger partial charge >= 0.3 is 0 Å². The molecule has 6 rings (SSSR count). The van der Waals surface area contributed by atoms with Crippen LogP contribution >= 0.6 is 0 Å². The minimum absolute atomic E-state index is 0.0769. The van der Waals surface area contributed by atoms with Crippen LogP contribution in [0.3, 0.4) is 0 Å². The van der Waals surface area contributed by atoms with Crippen LogP contribution < -0.4 is 9.47 Å². The molecule has 3 nitrogen and oxygen atoms in total. The summed E-state index contributed by atoms with van der Waals surface area (Å²) in [5.41, 5.74) is 3.92. The summed E-state index contributed by atoms with van der Waals surface area (Å²) >= 11 is 0. The number of aliphatic imine (C=N–C) groups is 1. The zero-order valence-corrected chi connectivity index (χ0v) is 18.4. The molecule has 4 fully saturated rings. The highest BCUT2D eigenvalue weighted by Gasteiger charge is 2.51. The fourth-order valence-electron chi connectivity index (χ4n) is 6.67. The lowest BCUT2D eigenvalue weighted by molar-refractivity contribution is -0.00518. The van der Waals surface area contributed by atoms with Crippen molar-refractivity contribution in [1.29, 1.82) is 0 Å². The first-order chi connectivity index (χ1) is 14.5. The Hall–Kier alpha value is -2.29. The molecule has 4 aliphatic rings. The summed E-state index contributed by atoms with van der Waals surface area (Å²) in [6.45, 7) is 4.05. The standard InChI is InChI=1S/C27H33NO2/c1-18(2)30-26-22(5-4-6-25(26)29-3)17-28-24-9-7-23(8-10-24)27-14-19-11-20(15-27)13-21(12-19)16-27/h4-10,17-21H,11-16H2,1-3H3. The van der Waals surface area contributed by atoms with Gasteiger partial charge in [0.25, 0.3) is 0 Å². The van der Waals surface area contributed by atoms with Crippen molar-refractivity contribution in [2.75, 3.05) is 7.11 Å². The van der Waals surface area contributed by atoms with Crippen LogP contribution in [0.25, 0.3) is 0 Å². The third-order valence-electron chi connectivity index (χ3n) is 7.45. The SMILES string of the molecule is COc1cccc(C=Nc2ccc(C34CC5CC(CC(C5)C3)C4)cc2)c1OC(C)C. The molecular formula is C27H33NO2. The molecule has 4 aliphatic carbocycles. The first kappa shape index (κ1) is 19.7. The summed E-state index contributed by atoms with van der Waals surface area (Å²) in [6.07, 6.45) is 10.6. The summed E-state index contributed by atoms with van der Waals surface area (Å²) < 4.78 is 11.5. The van der Waals surface area contributed by atoms with Gasteiger partial charge in [0.1, 0.15) is 0 Å². The first-order valence-electron chi connectivity index (χ1n) is 11.5. The molecule has 0 aromatic heterocycles. The highest BCUT2D eigenvalue weighted by molar-refractivity contribution is 5.86. The molecule has 0 heterocycles. The molecule has 0 atom stereocenters. The first-order valence-corrected chi connectivity index (χ1v) is 11.5. The third-order valence-corrected chi connectivity index (χ3v) is 7.45. The van der Waals surface area contributed by atoms with E-state index in [1.54, 1.807) is 12.7 Å². The minimum Gasteiger partial charge on any atom is -0.493 e. The van der Waals surface area contributed by atoms with Crippen molar-refractivity contribution < 1.29 is 9.47 Å². The van der Waals surface area contributed by atoms with Gasteiger partial charge in [-0.15, -0.1) is 0 Å². The number of benzene rings is 2. The van der Waals surface area contributed by atoms with E-state index in [0.29, 0.717) is 5.41 Å². The Kier molecular flexibility index (Phi) is 5.08. The van der Waals surface area contributed by atoms with Gasteiger partial charge in [-0.25, -0.2) is 0 Å². The number of hydrogen-bond donors (Lipinski definition) is 0. The molecule has 0 amide bonds. The van der Waals surface area contributed by atoms with Gasteiger partial charge in [-0.05, 0) is 105 Å². The van der Waals surface area contributed by atoms with Crippen molar-refractivity contribution >= 4 is 11.9 Å². The molecule has 0 saturated heterocycles. The second-order valence-corrected chi connectivity index (χ2v) is 10.0. The van der Waals surface area contributed by atoms with Gasteiger partial charge in [-0.1, -0.05) is 18.2 Å². The highest BCUT2D eigenvalue weighted by Crippen LogP contribution is 2.60. The topological polar surface area (TPSA) is 30.8 Å². The van der Waals surface area contributed by atoms with Gasteiger partial charge < -0.3 is 9.47 Å². The molecule has 0 spiro atoms. The largest absolute Gasteiger partial charge is 0.493 e. The maximum atomic E-state index is 6.00. The Morgan fingerprint density at radius 3 is 2.13 bits per heavy atom. The van der Waals surface area contributed by atoms with E-state index in [1.165, 1.54) is 38.5 Å². The van der Waals surface area contributed by atoms with Gasteiger partial charge in [0, 0.05) is 11.8 Å². The van der Waals surface area contributed by atoms with E-state index in [9.17, 15) is 0 Å². The van der Waals surface area contributed by atoms with E-state index in [-0.39, 0.29) is 6.10 Å².